The van der Waals surface area contributed by atoms with Crippen molar-refractivity contribution in [1.29, 1.82) is 0 Å². The van der Waals surface area contributed by atoms with Gasteiger partial charge in [0.05, 0.1) is 89.9 Å². The lowest BCUT2D eigenvalue weighted by molar-refractivity contribution is -0.0398. The van der Waals surface area contributed by atoms with E-state index in [0.29, 0.717) is 62.1 Å². The molecule has 5 fully saturated rings. The molecule has 19 heteroatoms. The Labute approximate surface area is 558 Å². The van der Waals surface area contributed by atoms with Crippen molar-refractivity contribution in [2.24, 2.45) is 0 Å². The fourth-order valence-corrected chi connectivity index (χ4v) is 12.2. The number of aliphatic hydroxyl groups excluding tert-OH is 5. The van der Waals surface area contributed by atoms with Crippen molar-refractivity contribution < 1.29 is 44.5 Å². The summed E-state index contributed by atoms with van der Waals surface area (Å²) in [5.41, 5.74) is 11.2. The Hall–Kier alpha value is -5.61. The maximum Gasteiger partial charge on any atom is 0.101 e. The van der Waals surface area contributed by atoms with E-state index in [1.54, 1.807) is 0 Å². The maximum absolute atomic E-state index is 9.91. The van der Waals surface area contributed by atoms with Gasteiger partial charge in [0, 0.05) is 120 Å². The van der Waals surface area contributed by atoms with Crippen molar-refractivity contribution in [3.63, 3.8) is 0 Å². The van der Waals surface area contributed by atoms with Gasteiger partial charge in [-0.05, 0) is 163 Å². The Morgan fingerprint density at radius 1 is 0.355 bits per heavy atom. The van der Waals surface area contributed by atoms with Crippen LogP contribution < -0.4 is 24.5 Å². The molecular weight excluding hydrogens is 1170 g/mol. The van der Waals surface area contributed by atoms with E-state index in [4.69, 9.17) is 18.9 Å². The number of hydrogen-bond acceptors (Lipinski definition) is 19. The summed E-state index contributed by atoms with van der Waals surface area (Å²) in [5.74, 6) is 2.29. The first-order chi connectivity index (χ1) is 44.5. The molecule has 518 valence electrons. The van der Waals surface area contributed by atoms with Gasteiger partial charge in [-0.3, -0.25) is 24.9 Å². The van der Waals surface area contributed by atoms with Crippen molar-refractivity contribution in [3.05, 3.63) is 120 Å². The Kier molecular flexibility index (Phi) is 31.9. The molecule has 0 spiro atoms. The van der Waals surface area contributed by atoms with Crippen LogP contribution in [0.3, 0.4) is 0 Å². The number of anilines is 5. The summed E-state index contributed by atoms with van der Waals surface area (Å²) in [6.07, 6.45) is 12.5. The number of piperidine rings is 5. The van der Waals surface area contributed by atoms with Gasteiger partial charge in [0.2, 0.25) is 0 Å². The summed E-state index contributed by atoms with van der Waals surface area (Å²) in [6.45, 7) is 41.3. The molecule has 5 aromatic rings. The first-order valence-electron chi connectivity index (χ1n) is 35.0. The van der Waals surface area contributed by atoms with Crippen LogP contribution >= 0.6 is 0 Å². The van der Waals surface area contributed by atoms with Crippen molar-refractivity contribution >= 4 is 28.4 Å². The van der Waals surface area contributed by atoms with Gasteiger partial charge in [-0.25, -0.2) is 0 Å². The molecule has 5 saturated heterocycles. The predicted molar refractivity (Wildman–Crippen MR) is 377 cm³/mol. The highest BCUT2D eigenvalue weighted by Gasteiger charge is 2.32. The Balaban J connectivity index is 0.000000185. The lowest BCUT2D eigenvalue weighted by Crippen LogP contribution is -2.48. The summed E-state index contributed by atoms with van der Waals surface area (Å²) in [7, 11) is 0. The highest BCUT2D eigenvalue weighted by atomic mass is 16.5. The van der Waals surface area contributed by atoms with Gasteiger partial charge in [-0.1, -0.05) is 69.2 Å². The number of pyridine rings is 5. The van der Waals surface area contributed by atoms with E-state index >= 15 is 0 Å². The Bertz CT molecular complexity index is 2510. The molecule has 0 amide bonds. The molecule has 10 atom stereocenters. The standard InChI is InChI=1S/4C15H24N2O2.C14H22N2O/c4*1-4-19-15-10-17(8-7-14(15)18)12-5-6-13(11(2)3)16-9-12;1-10(2)14-5-4-12(9-15-14)16-7-6-13(17)8-11(16)3/h4*5-6,9,11,14-15,18H,4,7-8,10H2,1-3H3;4-5,9-11,13,17H,6-8H2,1-3H3/t2*14-,15+;2*14-,15-;/m1010./s1. The molecule has 5 aromatic heterocycles. The predicted octanol–water partition coefficient (Wildman–Crippen LogP) is 11.3. The van der Waals surface area contributed by atoms with Gasteiger partial charge in [0.15, 0.2) is 0 Å². The van der Waals surface area contributed by atoms with E-state index in [1.165, 1.54) is 5.69 Å². The topological polar surface area (TPSA) is 219 Å². The van der Waals surface area contributed by atoms with Crippen molar-refractivity contribution in [2.45, 2.75) is 233 Å². The number of aromatic nitrogens is 5. The normalized spacial score (nSPS) is 24.2. The number of nitrogens with zero attached hydrogens (tertiary/aromatic N) is 10. The molecule has 10 heterocycles. The minimum atomic E-state index is -0.348. The molecule has 5 N–H and O–H groups in total. The summed E-state index contributed by atoms with van der Waals surface area (Å²) in [4.78, 5) is 33.8. The lowest BCUT2D eigenvalue weighted by Gasteiger charge is -2.37. The smallest absolute Gasteiger partial charge is 0.101 e. The summed E-state index contributed by atoms with van der Waals surface area (Å²) < 4.78 is 22.4. The van der Waals surface area contributed by atoms with Crippen LogP contribution in [-0.4, -0.2) is 197 Å². The number of aliphatic hydroxyl groups is 5. The fourth-order valence-electron chi connectivity index (χ4n) is 12.2. The minimum Gasteiger partial charge on any atom is -0.393 e. The Morgan fingerprint density at radius 2 is 0.591 bits per heavy atom. The van der Waals surface area contributed by atoms with Crippen LogP contribution in [0.2, 0.25) is 0 Å². The quantitative estimate of drug-likeness (QED) is 0.0551. The van der Waals surface area contributed by atoms with Crippen molar-refractivity contribution in [2.75, 3.05) is 110 Å². The second kappa shape index (κ2) is 38.8. The molecule has 10 rings (SSSR count). The van der Waals surface area contributed by atoms with E-state index < -0.39 is 0 Å². The highest BCUT2D eigenvalue weighted by molar-refractivity contribution is 5.49. The zero-order valence-electron chi connectivity index (χ0n) is 59.1. The number of ether oxygens (including phenoxy) is 4. The monoisotopic (exact) mass is 1290 g/mol. The summed E-state index contributed by atoms with van der Waals surface area (Å²) in [5, 5.41) is 49.3. The van der Waals surface area contributed by atoms with Crippen LogP contribution in [0, 0.1) is 0 Å². The van der Waals surface area contributed by atoms with Gasteiger partial charge in [-0.2, -0.15) is 0 Å². The fraction of sp³-hybridized carbons (Fsp3) is 0.662. The van der Waals surface area contributed by atoms with E-state index in [9.17, 15) is 25.5 Å². The molecule has 93 heavy (non-hydrogen) atoms. The SMILES string of the molecule is CC(C)c1ccc(N2CCC(O)CC2C)cn1.CCO[C@@H]1CN(c2ccc(C(C)C)nc2)CC[C@@H]1O.CCO[C@@H]1CN(c2ccc(C(C)C)nc2)CC[C@H]1O.CCO[C@H]1CN(c2ccc(C(C)C)nc2)CC[C@@H]1O.CCO[C@H]1CN(c2ccc(C(C)C)nc2)CC[C@H]1O. The summed E-state index contributed by atoms with van der Waals surface area (Å²) in [6, 6.07) is 21.4. The van der Waals surface area contributed by atoms with Crippen LogP contribution in [0.25, 0.3) is 0 Å². The maximum atomic E-state index is 9.91. The zero-order valence-corrected chi connectivity index (χ0v) is 59.1. The second-order valence-corrected chi connectivity index (χ2v) is 26.9. The third-order valence-electron chi connectivity index (χ3n) is 18.1. The van der Waals surface area contributed by atoms with Crippen molar-refractivity contribution in [1.82, 2.24) is 24.9 Å². The van der Waals surface area contributed by atoms with Gasteiger partial charge in [0.25, 0.3) is 0 Å². The van der Waals surface area contributed by atoms with Crippen LogP contribution in [0.15, 0.2) is 91.6 Å². The third kappa shape index (κ3) is 23.6. The molecule has 0 radical (unpaired) electrons. The van der Waals surface area contributed by atoms with Crippen LogP contribution in [-0.2, 0) is 18.9 Å². The van der Waals surface area contributed by atoms with E-state index in [2.05, 4.69) is 186 Å². The minimum absolute atomic E-state index is 0.0940. The van der Waals surface area contributed by atoms with Gasteiger partial charge < -0.3 is 69.0 Å². The molecular formula is C74H118N10O9. The zero-order chi connectivity index (χ0) is 67.7. The first-order valence-corrected chi connectivity index (χ1v) is 35.0. The third-order valence-corrected chi connectivity index (χ3v) is 18.1. The molecule has 0 aliphatic carbocycles. The molecule has 5 aliphatic rings. The van der Waals surface area contributed by atoms with Crippen molar-refractivity contribution in [3.8, 4) is 0 Å². The van der Waals surface area contributed by atoms with Crippen LogP contribution in [0.5, 0.6) is 0 Å². The average molecular weight is 1290 g/mol. The number of rotatable bonds is 18. The molecule has 2 unspecified atom stereocenters. The largest absolute Gasteiger partial charge is 0.393 e. The average Bonchev–Trinajstić information content (AvgIpc) is 1.88. The molecule has 0 saturated carbocycles. The van der Waals surface area contributed by atoms with Gasteiger partial charge in [0.1, 0.15) is 24.4 Å². The van der Waals surface area contributed by atoms with Gasteiger partial charge in [-0.15, -0.1) is 0 Å². The van der Waals surface area contributed by atoms with Crippen LogP contribution in [0.1, 0.15) is 200 Å². The number of hydrogen-bond donors (Lipinski definition) is 5. The molecule has 0 aromatic carbocycles. The summed E-state index contributed by atoms with van der Waals surface area (Å²) >= 11 is 0. The molecule has 19 nitrogen and oxygen atoms in total. The second-order valence-electron chi connectivity index (χ2n) is 26.9. The molecule has 0 bridgehead atoms. The highest BCUT2D eigenvalue weighted by Crippen LogP contribution is 2.29. The Morgan fingerprint density at radius 3 is 0.785 bits per heavy atom. The first kappa shape index (κ1) is 76.4. The van der Waals surface area contributed by atoms with Gasteiger partial charge >= 0.3 is 0 Å². The van der Waals surface area contributed by atoms with Crippen LogP contribution in [0.4, 0.5) is 28.4 Å². The van der Waals surface area contributed by atoms with E-state index in [-0.39, 0.29) is 54.9 Å². The lowest BCUT2D eigenvalue weighted by atomic mass is 10.00. The van der Waals surface area contributed by atoms with E-state index in [0.717, 1.165) is 149 Å². The molecule has 5 aliphatic heterocycles. The van der Waals surface area contributed by atoms with E-state index in [1.807, 2.05) is 58.7 Å².